The molecule has 0 aliphatic rings. The van der Waals surface area contributed by atoms with E-state index in [1.807, 2.05) is 60.7 Å². The molecule has 8 heteroatoms. The number of ether oxygens (including phenoxy) is 2. The number of amides is 2. The third-order valence-corrected chi connectivity index (χ3v) is 4.35. The Morgan fingerprint density at radius 1 is 0.871 bits per heavy atom. The van der Waals surface area contributed by atoms with Crippen LogP contribution < -0.4 is 20.7 Å². The van der Waals surface area contributed by atoms with Crippen LogP contribution in [0.25, 0.3) is 11.1 Å². The summed E-state index contributed by atoms with van der Waals surface area (Å²) in [6, 6.07) is 22.2. The molecular formula is C23H21N3O4S. The molecule has 3 aromatic rings. The van der Waals surface area contributed by atoms with E-state index in [2.05, 4.69) is 20.7 Å². The van der Waals surface area contributed by atoms with Gasteiger partial charge in [-0.1, -0.05) is 48.5 Å². The second-order valence-corrected chi connectivity index (χ2v) is 6.80. The first-order chi connectivity index (χ1) is 15.0. The maximum Gasteiger partial charge on any atom is 0.413 e. The molecule has 158 valence electrons. The summed E-state index contributed by atoms with van der Waals surface area (Å²) in [6.45, 7) is 1.42. The zero-order valence-corrected chi connectivity index (χ0v) is 17.8. The standard InChI is InChI=1S/C23H21N3O4S/c1-15(27)24-21-19(30-17-11-7-4-8-12-17)14-13-18(25-22(31)26-23(28)29-2)20(21)16-9-5-3-6-10-16/h3-14H,1-2H3,(H,24,27)(H2,25,26,28,31). The van der Waals surface area contributed by atoms with Gasteiger partial charge in [0, 0.05) is 12.5 Å². The number of hydrogen-bond donors (Lipinski definition) is 3. The Hall–Kier alpha value is -3.91. The number of benzene rings is 3. The van der Waals surface area contributed by atoms with Crippen molar-refractivity contribution < 1.29 is 19.1 Å². The summed E-state index contributed by atoms with van der Waals surface area (Å²) in [5, 5.41) is 8.32. The van der Waals surface area contributed by atoms with Crippen molar-refractivity contribution in [2.75, 3.05) is 17.7 Å². The lowest BCUT2D eigenvalue weighted by Crippen LogP contribution is -2.34. The number of alkyl carbamates (subject to hydrolysis) is 1. The summed E-state index contributed by atoms with van der Waals surface area (Å²) in [6.07, 6.45) is -0.690. The van der Waals surface area contributed by atoms with Gasteiger partial charge in [0.05, 0.1) is 18.5 Å². The van der Waals surface area contributed by atoms with Crippen LogP contribution >= 0.6 is 12.2 Å². The average molecular weight is 436 g/mol. The Morgan fingerprint density at radius 3 is 2.13 bits per heavy atom. The quantitative estimate of drug-likeness (QED) is 0.480. The summed E-state index contributed by atoms with van der Waals surface area (Å²) in [7, 11) is 1.25. The SMILES string of the molecule is COC(=O)NC(=S)Nc1ccc(Oc2ccccc2)c(NC(C)=O)c1-c1ccccc1. The largest absolute Gasteiger partial charge is 0.455 e. The molecule has 0 spiro atoms. The number of carbonyl (C=O) groups excluding carboxylic acids is 2. The predicted octanol–water partition coefficient (Wildman–Crippen LogP) is 5.16. The molecule has 31 heavy (non-hydrogen) atoms. The van der Waals surface area contributed by atoms with Gasteiger partial charge in [-0.05, 0) is 42.0 Å². The maximum absolute atomic E-state index is 12.0. The molecule has 0 bridgehead atoms. The number of methoxy groups -OCH3 is 1. The second-order valence-electron chi connectivity index (χ2n) is 6.39. The Labute approximate surface area is 185 Å². The lowest BCUT2D eigenvalue weighted by atomic mass is 10.0. The average Bonchev–Trinajstić information content (AvgIpc) is 2.76. The van der Waals surface area contributed by atoms with E-state index in [4.69, 9.17) is 17.0 Å². The topological polar surface area (TPSA) is 88.7 Å². The van der Waals surface area contributed by atoms with E-state index in [1.54, 1.807) is 12.1 Å². The summed E-state index contributed by atoms with van der Waals surface area (Å²) < 4.78 is 10.6. The first-order valence-corrected chi connectivity index (χ1v) is 9.77. The van der Waals surface area contributed by atoms with Crippen LogP contribution in [0.15, 0.2) is 72.8 Å². The monoisotopic (exact) mass is 435 g/mol. The molecule has 0 fully saturated rings. The molecule has 0 aromatic heterocycles. The minimum atomic E-state index is -0.690. The highest BCUT2D eigenvalue weighted by atomic mass is 32.1. The van der Waals surface area contributed by atoms with E-state index in [0.29, 0.717) is 28.4 Å². The van der Waals surface area contributed by atoms with Crippen LogP contribution in [0.3, 0.4) is 0 Å². The zero-order valence-electron chi connectivity index (χ0n) is 17.0. The van der Waals surface area contributed by atoms with Crippen molar-refractivity contribution >= 4 is 40.7 Å². The smallest absolute Gasteiger partial charge is 0.413 e. The molecule has 0 saturated carbocycles. The van der Waals surface area contributed by atoms with E-state index >= 15 is 0 Å². The van der Waals surface area contributed by atoms with Gasteiger partial charge < -0.3 is 20.1 Å². The summed E-state index contributed by atoms with van der Waals surface area (Å²) in [4.78, 5) is 23.5. The number of thiocarbonyl (C=S) groups is 1. The van der Waals surface area contributed by atoms with E-state index in [9.17, 15) is 9.59 Å². The van der Waals surface area contributed by atoms with Crippen LogP contribution in [0.1, 0.15) is 6.92 Å². The first kappa shape index (κ1) is 21.8. The molecule has 3 N–H and O–H groups in total. The molecule has 0 aliphatic carbocycles. The Bertz CT molecular complexity index is 1090. The van der Waals surface area contributed by atoms with Crippen molar-refractivity contribution in [3.8, 4) is 22.6 Å². The van der Waals surface area contributed by atoms with Crippen LogP contribution in [-0.4, -0.2) is 24.2 Å². The van der Waals surface area contributed by atoms with Gasteiger partial charge >= 0.3 is 6.09 Å². The summed E-state index contributed by atoms with van der Waals surface area (Å²) in [5.41, 5.74) is 2.50. The molecule has 0 saturated heterocycles. The number of rotatable bonds is 5. The molecule has 3 rings (SSSR count). The molecule has 0 aliphatic heterocycles. The number of carbonyl (C=O) groups is 2. The lowest BCUT2D eigenvalue weighted by molar-refractivity contribution is -0.114. The molecule has 0 radical (unpaired) electrons. The summed E-state index contributed by atoms with van der Waals surface area (Å²) >= 11 is 5.22. The highest BCUT2D eigenvalue weighted by Crippen LogP contribution is 2.43. The lowest BCUT2D eigenvalue weighted by Gasteiger charge is -2.20. The Kier molecular flexibility index (Phi) is 7.18. The van der Waals surface area contributed by atoms with Gasteiger partial charge in [-0.2, -0.15) is 0 Å². The zero-order chi connectivity index (χ0) is 22.2. The fourth-order valence-electron chi connectivity index (χ4n) is 2.89. The second kappa shape index (κ2) is 10.2. The van der Waals surface area contributed by atoms with Gasteiger partial charge in [0.1, 0.15) is 5.75 Å². The van der Waals surface area contributed by atoms with Crippen molar-refractivity contribution in [2.45, 2.75) is 6.92 Å². The molecular weight excluding hydrogens is 414 g/mol. The van der Waals surface area contributed by atoms with Crippen LogP contribution in [0.2, 0.25) is 0 Å². The number of hydrogen-bond acceptors (Lipinski definition) is 5. The molecule has 7 nitrogen and oxygen atoms in total. The van der Waals surface area contributed by atoms with Crippen LogP contribution in [0.4, 0.5) is 16.2 Å². The predicted molar refractivity (Wildman–Crippen MR) is 124 cm³/mol. The summed E-state index contributed by atoms with van der Waals surface area (Å²) in [5.74, 6) is 0.817. The van der Waals surface area contributed by atoms with Crippen molar-refractivity contribution in [1.29, 1.82) is 0 Å². The van der Waals surface area contributed by atoms with Crippen LogP contribution in [-0.2, 0) is 9.53 Å². The van der Waals surface area contributed by atoms with Gasteiger partial charge in [0.15, 0.2) is 10.9 Å². The van der Waals surface area contributed by atoms with Crippen LogP contribution in [0.5, 0.6) is 11.5 Å². The Balaban J connectivity index is 2.11. The van der Waals surface area contributed by atoms with Gasteiger partial charge in [-0.3, -0.25) is 10.1 Å². The van der Waals surface area contributed by atoms with Crippen molar-refractivity contribution in [3.63, 3.8) is 0 Å². The van der Waals surface area contributed by atoms with Gasteiger partial charge in [0.2, 0.25) is 5.91 Å². The van der Waals surface area contributed by atoms with Crippen LogP contribution in [0, 0.1) is 0 Å². The van der Waals surface area contributed by atoms with Gasteiger partial charge in [0.25, 0.3) is 0 Å². The molecule has 0 unspecified atom stereocenters. The van der Waals surface area contributed by atoms with Crippen molar-refractivity contribution in [2.24, 2.45) is 0 Å². The van der Waals surface area contributed by atoms with Gasteiger partial charge in [-0.25, -0.2) is 4.79 Å². The molecule has 0 heterocycles. The number of anilines is 2. The third-order valence-electron chi connectivity index (χ3n) is 4.15. The molecule has 3 aromatic carbocycles. The van der Waals surface area contributed by atoms with Crippen molar-refractivity contribution in [3.05, 3.63) is 72.8 Å². The third kappa shape index (κ3) is 5.80. The highest BCUT2D eigenvalue weighted by molar-refractivity contribution is 7.80. The maximum atomic E-state index is 12.0. The van der Waals surface area contributed by atoms with E-state index < -0.39 is 6.09 Å². The van der Waals surface area contributed by atoms with E-state index in [0.717, 1.165) is 5.56 Å². The molecule has 0 atom stereocenters. The van der Waals surface area contributed by atoms with Gasteiger partial charge in [-0.15, -0.1) is 0 Å². The minimum absolute atomic E-state index is 0.0505. The fourth-order valence-corrected chi connectivity index (χ4v) is 3.08. The highest BCUT2D eigenvalue weighted by Gasteiger charge is 2.19. The van der Waals surface area contributed by atoms with E-state index in [1.165, 1.54) is 14.0 Å². The Morgan fingerprint density at radius 2 is 1.52 bits per heavy atom. The number of nitrogens with one attached hydrogen (secondary N) is 3. The van der Waals surface area contributed by atoms with Crippen molar-refractivity contribution in [1.82, 2.24) is 5.32 Å². The normalized spacial score (nSPS) is 10.0. The minimum Gasteiger partial charge on any atom is -0.455 e. The number of para-hydroxylation sites is 1. The molecule has 2 amide bonds. The fraction of sp³-hybridized carbons (Fsp3) is 0.0870. The first-order valence-electron chi connectivity index (χ1n) is 9.37. The van der Waals surface area contributed by atoms with E-state index in [-0.39, 0.29) is 11.0 Å².